The van der Waals surface area contributed by atoms with E-state index in [1.807, 2.05) is 10.6 Å². The number of aromatic nitrogens is 2. The predicted octanol–water partition coefficient (Wildman–Crippen LogP) is 4.59. The van der Waals surface area contributed by atoms with Crippen LogP contribution in [0.5, 0.6) is 0 Å². The van der Waals surface area contributed by atoms with Gasteiger partial charge in [-0.15, -0.1) is 0 Å². The van der Waals surface area contributed by atoms with Crippen molar-refractivity contribution in [2.75, 3.05) is 31.2 Å². The number of carbonyl (C=O) groups excluding carboxylic acids is 1. The standard InChI is InChI=1S/C23H23Cl2FN4O2/c24-18-11-20-21(12-19(18)25)30(17-3-1-2-15(26)10-17)23(28-20)29-7-4-14(5-8-29)22(31)27-16-6-9-32-13-16/h1-3,10-12,14,16H,4-9,13H2,(H,27,31). The Morgan fingerprint density at radius 2 is 1.91 bits per heavy atom. The van der Waals surface area contributed by atoms with Crippen molar-refractivity contribution in [2.45, 2.75) is 25.3 Å². The highest BCUT2D eigenvalue weighted by Gasteiger charge is 2.30. The van der Waals surface area contributed by atoms with Crippen LogP contribution in [0.1, 0.15) is 19.3 Å². The molecule has 6 nitrogen and oxygen atoms in total. The van der Waals surface area contributed by atoms with Crippen LogP contribution in [0.25, 0.3) is 16.7 Å². The maximum Gasteiger partial charge on any atom is 0.223 e. The second kappa shape index (κ2) is 8.89. The molecule has 2 aliphatic heterocycles. The van der Waals surface area contributed by atoms with E-state index >= 15 is 0 Å². The molecular formula is C23H23Cl2FN4O2. The van der Waals surface area contributed by atoms with Crippen LogP contribution < -0.4 is 10.2 Å². The van der Waals surface area contributed by atoms with Crippen molar-refractivity contribution in [2.24, 2.45) is 5.92 Å². The Kier molecular flexibility index (Phi) is 5.97. The van der Waals surface area contributed by atoms with Gasteiger partial charge in [-0.05, 0) is 49.6 Å². The number of halogens is 3. The molecule has 0 aliphatic carbocycles. The molecule has 0 bridgehead atoms. The first-order valence-electron chi connectivity index (χ1n) is 10.8. The molecule has 1 aromatic heterocycles. The number of nitrogens with one attached hydrogen (secondary N) is 1. The number of benzene rings is 2. The average Bonchev–Trinajstić information content (AvgIpc) is 3.42. The number of amides is 1. The van der Waals surface area contributed by atoms with E-state index in [-0.39, 0.29) is 23.7 Å². The van der Waals surface area contributed by atoms with Crippen molar-refractivity contribution >= 4 is 46.1 Å². The van der Waals surface area contributed by atoms with E-state index < -0.39 is 0 Å². The quantitative estimate of drug-likeness (QED) is 0.597. The predicted molar refractivity (Wildman–Crippen MR) is 123 cm³/mol. The molecule has 1 N–H and O–H groups in total. The van der Waals surface area contributed by atoms with Crippen molar-refractivity contribution in [1.29, 1.82) is 0 Å². The zero-order valence-corrected chi connectivity index (χ0v) is 18.9. The molecule has 2 aliphatic rings. The molecule has 1 unspecified atom stereocenters. The molecule has 5 rings (SSSR count). The highest BCUT2D eigenvalue weighted by molar-refractivity contribution is 6.42. The molecule has 2 fully saturated rings. The fourth-order valence-corrected chi connectivity index (χ4v) is 4.77. The van der Waals surface area contributed by atoms with Gasteiger partial charge in [0, 0.05) is 25.6 Å². The van der Waals surface area contributed by atoms with E-state index in [9.17, 15) is 9.18 Å². The van der Waals surface area contributed by atoms with Crippen LogP contribution in [0.2, 0.25) is 10.0 Å². The van der Waals surface area contributed by atoms with E-state index in [4.69, 9.17) is 32.9 Å². The van der Waals surface area contributed by atoms with Gasteiger partial charge >= 0.3 is 0 Å². The minimum absolute atomic E-state index is 0.0391. The van der Waals surface area contributed by atoms with E-state index in [0.717, 1.165) is 11.9 Å². The van der Waals surface area contributed by atoms with Crippen LogP contribution >= 0.6 is 23.2 Å². The molecule has 1 atom stereocenters. The molecular weight excluding hydrogens is 454 g/mol. The Bertz CT molecular complexity index is 1150. The van der Waals surface area contributed by atoms with Gasteiger partial charge in [-0.2, -0.15) is 0 Å². The fourth-order valence-electron chi connectivity index (χ4n) is 4.45. The van der Waals surface area contributed by atoms with Crippen LogP contribution in [0, 0.1) is 11.7 Å². The molecule has 168 valence electrons. The number of anilines is 1. The lowest BCUT2D eigenvalue weighted by Gasteiger charge is -2.32. The molecule has 0 saturated carbocycles. The maximum absolute atomic E-state index is 14.0. The first-order valence-corrected chi connectivity index (χ1v) is 11.5. The summed E-state index contributed by atoms with van der Waals surface area (Å²) in [5, 5.41) is 3.94. The normalized spacial score (nSPS) is 19.6. The largest absolute Gasteiger partial charge is 0.379 e. The van der Waals surface area contributed by atoms with Crippen molar-refractivity contribution < 1.29 is 13.9 Å². The highest BCUT2D eigenvalue weighted by atomic mass is 35.5. The van der Waals surface area contributed by atoms with Crippen molar-refractivity contribution in [1.82, 2.24) is 14.9 Å². The minimum Gasteiger partial charge on any atom is -0.379 e. The summed E-state index contributed by atoms with van der Waals surface area (Å²) in [5.41, 5.74) is 2.09. The Hall–Kier alpha value is -2.35. The van der Waals surface area contributed by atoms with Gasteiger partial charge in [-0.25, -0.2) is 9.37 Å². The lowest BCUT2D eigenvalue weighted by molar-refractivity contribution is -0.126. The third-order valence-corrected chi connectivity index (χ3v) is 6.89. The smallest absolute Gasteiger partial charge is 0.223 e. The fraction of sp³-hybridized carbons (Fsp3) is 0.391. The molecule has 3 heterocycles. The Morgan fingerprint density at radius 3 is 2.62 bits per heavy atom. The van der Waals surface area contributed by atoms with Crippen LogP contribution in [-0.4, -0.2) is 47.8 Å². The number of nitrogens with zero attached hydrogens (tertiary/aromatic N) is 3. The maximum atomic E-state index is 14.0. The number of imidazole rings is 1. The summed E-state index contributed by atoms with van der Waals surface area (Å²) in [5.74, 6) is 0.411. The summed E-state index contributed by atoms with van der Waals surface area (Å²) < 4.78 is 21.3. The first-order chi connectivity index (χ1) is 15.5. The van der Waals surface area contributed by atoms with E-state index in [1.54, 1.807) is 18.2 Å². The number of hydrogen-bond donors (Lipinski definition) is 1. The number of carbonyl (C=O) groups is 1. The van der Waals surface area contributed by atoms with Crippen LogP contribution in [0.15, 0.2) is 36.4 Å². The summed E-state index contributed by atoms with van der Waals surface area (Å²) in [6, 6.07) is 9.98. The average molecular weight is 477 g/mol. The van der Waals surface area contributed by atoms with Gasteiger partial charge in [0.15, 0.2) is 0 Å². The Labute approximate surface area is 195 Å². The molecule has 2 saturated heterocycles. The monoisotopic (exact) mass is 476 g/mol. The second-order valence-corrected chi connectivity index (χ2v) is 9.13. The third-order valence-electron chi connectivity index (χ3n) is 6.17. The first kappa shape index (κ1) is 21.5. The van der Waals surface area contributed by atoms with Crippen molar-refractivity contribution in [3.63, 3.8) is 0 Å². The molecule has 9 heteroatoms. The second-order valence-electron chi connectivity index (χ2n) is 8.31. The van der Waals surface area contributed by atoms with Gasteiger partial charge in [-0.3, -0.25) is 9.36 Å². The van der Waals surface area contributed by atoms with Crippen LogP contribution in [-0.2, 0) is 9.53 Å². The third kappa shape index (κ3) is 4.17. The van der Waals surface area contributed by atoms with Crippen molar-refractivity contribution in [3.8, 4) is 5.69 Å². The van der Waals surface area contributed by atoms with E-state index in [2.05, 4.69) is 10.2 Å². The lowest BCUT2D eigenvalue weighted by Crippen LogP contribution is -2.44. The van der Waals surface area contributed by atoms with Gasteiger partial charge in [0.2, 0.25) is 11.9 Å². The lowest BCUT2D eigenvalue weighted by atomic mass is 9.95. The summed E-state index contributed by atoms with van der Waals surface area (Å²) in [4.78, 5) is 19.6. The van der Waals surface area contributed by atoms with Crippen molar-refractivity contribution in [3.05, 3.63) is 52.3 Å². The van der Waals surface area contributed by atoms with Crippen LogP contribution in [0.4, 0.5) is 10.3 Å². The molecule has 2 aromatic carbocycles. The molecule has 0 radical (unpaired) electrons. The highest BCUT2D eigenvalue weighted by Crippen LogP contribution is 2.34. The Morgan fingerprint density at radius 1 is 1.12 bits per heavy atom. The molecule has 1 amide bonds. The van der Waals surface area contributed by atoms with E-state index in [0.29, 0.717) is 66.3 Å². The topological polar surface area (TPSA) is 59.4 Å². The van der Waals surface area contributed by atoms with E-state index in [1.165, 1.54) is 12.1 Å². The zero-order valence-electron chi connectivity index (χ0n) is 17.4. The molecule has 3 aromatic rings. The summed E-state index contributed by atoms with van der Waals surface area (Å²) >= 11 is 12.5. The number of fused-ring (bicyclic) bond motifs is 1. The summed E-state index contributed by atoms with van der Waals surface area (Å²) in [7, 11) is 0. The number of rotatable bonds is 4. The number of ether oxygens (including phenoxy) is 1. The van der Waals surface area contributed by atoms with Gasteiger partial charge in [-0.1, -0.05) is 29.3 Å². The SMILES string of the molecule is O=C(NC1CCOC1)C1CCN(c2nc3cc(Cl)c(Cl)cc3n2-c2cccc(F)c2)CC1. The number of hydrogen-bond acceptors (Lipinski definition) is 4. The van der Waals surface area contributed by atoms with Gasteiger partial charge in [0.25, 0.3) is 0 Å². The van der Waals surface area contributed by atoms with Gasteiger partial charge in [0.05, 0.1) is 39.4 Å². The zero-order chi connectivity index (χ0) is 22.2. The minimum atomic E-state index is -0.332. The molecule has 32 heavy (non-hydrogen) atoms. The van der Waals surface area contributed by atoms with Gasteiger partial charge < -0.3 is 15.0 Å². The summed E-state index contributed by atoms with van der Waals surface area (Å²) in [6.07, 6.45) is 2.30. The number of piperidine rings is 1. The summed E-state index contributed by atoms with van der Waals surface area (Å²) in [6.45, 7) is 2.62. The molecule has 0 spiro atoms. The van der Waals surface area contributed by atoms with Crippen LogP contribution in [0.3, 0.4) is 0 Å². The van der Waals surface area contributed by atoms with Gasteiger partial charge in [0.1, 0.15) is 5.82 Å². The Balaban J connectivity index is 1.43.